The van der Waals surface area contributed by atoms with Crippen molar-refractivity contribution in [3.05, 3.63) is 12.7 Å². The molecule has 0 atom stereocenters. The van der Waals surface area contributed by atoms with E-state index in [2.05, 4.69) is 17.3 Å². The van der Waals surface area contributed by atoms with Crippen molar-refractivity contribution in [2.45, 2.75) is 0 Å². The second-order valence-electron chi connectivity index (χ2n) is 0.926. The number of rotatable bonds is 1. The Balaban J connectivity index is 0. The van der Waals surface area contributed by atoms with E-state index in [0.717, 1.165) is 6.08 Å². The summed E-state index contributed by atoms with van der Waals surface area (Å²) in [5.41, 5.74) is 0. The van der Waals surface area contributed by atoms with Gasteiger partial charge in [-0.1, -0.05) is 6.58 Å². The predicted molar refractivity (Wildman–Crippen MR) is 31.1 cm³/mol. The van der Waals surface area contributed by atoms with Crippen LogP contribution in [0.2, 0.25) is 0 Å². The minimum absolute atomic E-state index is 0.833. The number of hydrogen-bond acceptors (Lipinski definition) is 4. The second-order valence-corrected chi connectivity index (χ2v) is 0.926. The molecule has 0 aliphatic carbocycles. The lowest BCUT2D eigenvalue weighted by Gasteiger charge is -1.77. The largest absolute Gasteiger partial charge is 0.524 e. The van der Waals surface area contributed by atoms with E-state index >= 15 is 0 Å². The van der Waals surface area contributed by atoms with Crippen molar-refractivity contribution in [3.8, 4) is 0 Å². The fourth-order valence-corrected chi connectivity index (χ4v) is 0. The highest BCUT2D eigenvalue weighted by Gasteiger charge is 1.82. The van der Waals surface area contributed by atoms with Crippen LogP contribution in [0.3, 0.4) is 0 Å². The zero-order valence-electron chi connectivity index (χ0n) is 4.98. The molecule has 6 nitrogen and oxygen atoms in total. The molecule has 0 aliphatic rings. The molecule has 0 aromatic rings. The molecule has 6 heteroatoms. The van der Waals surface area contributed by atoms with Gasteiger partial charge in [0.05, 0.1) is 0 Å². The van der Waals surface area contributed by atoms with Crippen LogP contribution >= 0.6 is 0 Å². The van der Waals surface area contributed by atoms with Crippen molar-refractivity contribution in [2.75, 3.05) is 0 Å². The minimum atomic E-state index is -1.47. The maximum Gasteiger partial charge on any atom is 0.524 e. The van der Waals surface area contributed by atoms with Gasteiger partial charge >= 0.3 is 12.1 Å². The van der Waals surface area contributed by atoms with Crippen LogP contribution < -0.4 is 5.90 Å². The van der Waals surface area contributed by atoms with Crippen LogP contribution in [0.5, 0.6) is 0 Å². The van der Waals surface area contributed by atoms with Crippen LogP contribution in [0.1, 0.15) is 0 Å². The molecule has 0 saturated heterocycles. The van der Waals surface area contributed by atoms with Crippen molar-refractivity contribution in [1.29, 1.82) is 0 Å². The fourth-order valence-electron chi connectivity index (χ4n) is 0. The lowest BCUT2D eigenvalue weighted by molar-refractivity contribution is -0.131. The maximum atomic E-state index is 9.25. The van der Waals surface area contributed by atoms with Gasteiger partial charge < -0.3 is 15.1 Å². The molecule has 0 unspecified atom stereocenters. The van der Waals surface area contributed by atoms with Crippen molar-refractivity contribution < 1.29 is 24.6 Å². The summed E-state index contributed by atoms with van der Waals surface area (Å²) in [6, 6.07) is 0. The summed E-state index contributed by atoms with van der Waals surface area (Å²) >= 11 is 0. The molecule has 58 valence electrons. The van der Waals surface area contributed by atoms with Crippen LogP contribution in [-0.4, -0.2) is 22.3 Å². The highest BCUT2D eigenvalue weighted by atomic mass is 16.7. The lowest BCUT2D eigenvalue weighted by atomic mass is 10.7. The Morgan fingerprint density at radius 2 is 1.70 bits per heavy atom. The van der Waals surface area contributed by atoms with Crippen LogP contribution in [-0.2, 0) is 9.63 Å². The first-order valence-electron chi connectivity index (χ1n) is 1.99. The first kappa shape index (κ1) is 11.3. The monoisotopic (exact) mass is 149 g/mol. The van der Waals surface area contributed by atoms with Crippen molar-refractivity contribution in [1.82, 2.24) is 0 Å². The van der Waals surface area contributed by atoms with Gasteiger partial charge in [0, 0.05) is 6.08 Å². The van der Waals surface area contributed by atoms with Gasteiger partial charge in [-0.15, -0.1) is 0 Å². The van der Waals surface area contributed by atoms with Gasteiger partial charge in [-0.2, -0.15) is 5.90 Å². The Hall–Kier alpha value is -1.56. The van der Waals surface area contributed by atoms with Crippen molar-refractivity contribution in [3.63, 3.8) is 0 Å². The average Bonchev–Trinajstić information content (AvgIpc) is 1.89. The van der Waals surface area contributed by atoms with Gasteiger partial charge in [-0.3, -0.25) is 0 Å². The summed E-state index contributed by atoms with van der Waals surface area (Å²) in [7, 11) is 0. The number of carboxylic acid groups (broad SMARTS) is 2. The Labute approximate surface area is 56.5 Å². The summed E-state index contributed by atoms with van der Waals surface area (Å²) in [6.07, 6.45) is -0.634. The molecular formula is C4H7NO5. The number of carboxylic acids is 1. The molecular weight excluding hydrogens is 142 g/mol. The molecule has 0 aliphatic heterocycles. The highest BCUT2D eigenvalue weighted by Crippen LogP contribution is 1.55. The molecule has 0 bridgehead atoms. The quantitative estimate of drug-likeness (QED) is 0.352. The van der Waals surface area contributed by atoms with Gasteiger partial charge in [-0.25, -0.2) is 9.59 Å². The highest BCUT2D eigenvalue weighted by molar-refractivity contribution is 5.78. The third kappa shape index (κ3) is 32.0. The lowest BCUT2D eigenvalue weighted by Crippen LogP contribution is -2.04. The Morgan fingerprint density at radius 3 is 1.70 bits per heavy atom. The van der Waals surface area contributed by atoms with Crippen LogP contribution in [0.4, 0.5) is 4.79 Å². The van der Waals surface area contributed by atoms with Gasteiger partial charge in [0.2, 0.25) is 0 Å². The third-order valence-corrected chi connectivity index (χ3v) is 0.275. The molecule has 0 aromatic heterocycles. The standard InChI is InChI=1S/C3H4O2.CH3NO3/c1-2-3(4)5;2-5-1(3)4/h2H,1H2,(H,4,5);2H2,(H,3,4). The van der Waals surface area contributed by atoms with Crippen LogP contribution in [0.15, 0.2) is 12.7 Å². The SMILES string of the molecule is C=CC(=O)O.NOC(=O)O. The summed E-state index contributed by atoms with van der Waals surface area (Å²) in [5, 5.41) is 15.0. The molecule has 0 aromatic carbocycles. The molecule has 0 rings (SSSR count). The predicted octanol–water partition coefficient (Wildman–Crippen LogP) is -0.188. The molecule has 0 heterocycles. The van der Waals surface area contributed by atoms with E-state index in [1.807, 2.05) is 0 Å². The van der Waals surface area contributed by atoms with Gasteiger partial charge in [0.25, 0.3) is 0 Å². The normalized spacial score (nSPS) is 6.50. The smallest absolute Gasteiger partial charge is 0.478 e. The Kier molecular flexibility index (Phi) is 8.38. The van der Waals surface area contributed by atoms with Crippen molar-refractivity contribution in [2.24, 2.45) is 5.90 Å². The van der Waals surface area contributed by atoms with E-state index < -0.39 is 12.1 Å². The van der Waals surface area contributed by atoms with E-state index in [4.69, 9.17) is 15.0 Å². The Bertz CT molecular complexity index is 132. The summed E-state index contributed by atoms with van der Waals surface area (Å²) in [5.74, 6) is 3.09. The molecule has 0 radical (unpaired) electrons. The minimum Gasteiger partial charge on any atom is -0.478 e. The number of carbonyl (C=O) groups is 2. The zero-order chi connectivity index (χ0) is 8.57. The van der Waals surface area contributed by atoms with E-state index in [0.29, 0.717) is 0 Å². The van der Waals surface area contributed by atoms with E-state index in [-0.39, 0.29) is 0 Å². The topological polar surface area (TPSA) is 110 Å². The summed E-state index contributed by atoms with van der Waals surface area (Å²) < 4.78 is 0. The van der Waals surface area contributed by atoms with E-state index in [9.17, 15) is 4.79 Å². The molecule has 10 heavy (non-hydrogen) atoms. The number of aliphatic carboxylic acids is 1. The first-order valence-corrected chi connectivity index (χ1v) is 1.99. The molecule has 4 N–H and O–H groups in total. The van der Waals surface area contributed by atoms with Gasteiger partial charge in [-0.05, 0) is 0 Å². The van der Waals surface area contributed by atoms with Gasteiger partial charge in [0.15, 0.2) is 0 Å². The number of hydrogen-bond donors (Lipinski definition) is 3. The zero-order valence-corrected chi connectivity index (χ0v) is 4.98. The van der Waals surface area contributed by atoms with Crippen LogP contribution in [0.25, 0.3) is 0 Å². The Morgan fingerprint density at radius 1 is 1.50 bits per heavy atom. The second kappa shape index (κ2) is 7.44. The van der Waals surface area contributed by atoms with Crippen molar-refractivity contribution >= 4 is 12.1 Å². The van der Waals surface area contributed by atoms with Gasteiger partial charge in [0.1, 0.15) is 0 Å². The fraction of sp³-hybridized carbons (Fsp3) is 0. The number of nitrogens with two attached hydrogens (primary N) is 1. The summed E-state index contributed by atoms with van der Waals surface area (Å²) in [6.45, 7) is 2.96. The molecule has 0 fully saturated rings. The van der Waals surface area contributed by atoms with E-state index in [1.54, 1.807) is 0 Å². The molecule has 0 spiro atoms. The first-order chi connectivity index (χ1) is 4.54. The molecule has 0 amide bonds. The van der Waals surface area contributed by atoms with E-state index in [1.165, 1.54) is 0 Å². The maximum absolute atomic E-state index is 9.25. The third-order valence-electron chi connectivity index (χ3n) is 0.275. The molecule has 0 saturated carbocycles. The summed E-state index contributed by atoms with van der Waals surface area (Å²) in [4.78, 5) is 21.4. The van der Waals surface area contributed by atoms with Crippen LogP contribution in [0, 0.1) is 0 Å². The average molecular weight is 149 g/mol.